The Balaban J connectivity index is 1.96. The fourth-order valence-corrected chi connectivity index (χ4v) is 2.80. The van der Waals surface area contributed by atoms with Crippen LogP contribution in [0, 0.1) is 0 Å². The van der Waals surface area contributed by atoms with Gasteiger partial charge in [0.05, 0.1) is 12.5 Å². The number of benzene rings is 2. The van der Waals surface area contributed by atoms with Gasteiger partial charge in [-0.25, -0.2) is 4.79 Å². The van der Waals surface area contributed by atoms with Crippen molar-refractivity contribution in [2.75, 3.05) is 6.61 Å². The molecule has 0 aliphatic carbocycles. The number of esters is 1. The number of carbonyl (C=O) groups is 2. The molecule has 24 heavy (non-hydrogen) atoms. The van der Waals surface area contributed by atoms with Crippen molar-refractivity contribution in [1.29, 1.82) is 0 Å². The summed E-state index contributed by atoms with van der Waals surface area (Å²) in [7, 11) is 0. The molecule has 2 aromatic carbocycles. The van der Waals surface area contributed by atoms with E-state index in [0.717, 1.165) is 5.56 Å². The first-order valence-electron chi connectivity index (χ1n) is 7.86. The number of nitrogens with one attached hydrogen (secondary N) is 1. The van der Waals surface area contributed by atoms with Crippen LogP contribution >= 0.6 is 0 Å². The summed E-state index contributed by atoms with van der Waals surface area (Å²) in [6.07, 6.45) is 0. The Morgan fingerprint density at radius 1 is 1.04 bits per heavy atom. The molecule has 1 heterocycles. The number of hydrogen-bond acceptors (Lipinski definition) is 5. The molecule has 3 rings (SSSR count). The minimum atomic E-state index is -0.699. The summed E-state index contributed by atoms with van der Waals surface area (Å²) >= 11 is 0. The van der Waals surface area contributed by atoms with Gasteiger partial charge < -0.3 is 4.74 Å². The van der Waals surface area contributed by atoms with Crippen molar-refractivity contribution >= 4 is 17.5 Å². The molecule has 0 fully saturated rings. The van der Waals surface area contributed by atoms with Gasteiger partial charge in [0, 0.05) is 5.56 Å². The molecule has 2 aromatic rings. The Bertz CT molecular complexity index is 757. The molecule has 5 heteroatoms. The van der Waals surface area contributed by atoms with Gasteiger partial charge in [-0.05, 0) is 12.5 Å². The van der Waals surface area contributed by atoms with Crippen LogP contribution in [0.5, 0.6) is 0 Å². The maximum Gasteiger partial charge on any atom is 0.331 e. The van der Waals surface area contributed by atoms with E-state index in [2.05, 4.69) is 10.5 Å². The van der Waals surface area contributed by atoms with Gasteiger partial charge in [0.25, 0.3) is 0 Å². The molecular weight excluding hydrogens is 304 g/mol. The van der Waals surface area contributed by atoms with Crippen molar-refractivity contribution < 1.29 is 14.3 Å². The first-order valence-corrected chi connectivity index (χ1v) is 7.86. The van der Waals surface area contributed by atoms with Crippen molar-refractivity contribution in [2.45, 2.75) is 18.9 Å². The summed E-state index contributed by atoms with van der Waals surface area (Å²) in [6, 6.07) is 17.6. The smallest absolute Gasteiger partial charge is 0.331 e. The fourth-order valence-electron chi connectivity index (χ4n) is 2.80. The van der Waals surface area contributed by atoms with E-state index >= 15 is 0 Å². The first-order chi connectivity index (χ1) is 11.7. The van der Waals surface area contributed by atoms with E-state index in [-0.39, 0.29) is 12.4 Å². The SMILES string of the molecule is CCOC(=O)[C@H]1NN=C(C(=O)c2ccccc2)[C@@H]1c1ccccc1. The third-order valence-corrected chi connectivity index (χ3v) is 3.92. The van der Waals surface area contributed by atoms with Crippen molar-refractivity contribution in [3.63, 3.8) is 0 Å². The van der Waals surface area contributed by atoms with Crippen molar-refractivity contribution in [3.8, 4) is 0 Å². The lowest BCUT2D eigenvalue weighted by molar-refractivity contribution is -0.145. The maximum atomic E-state index is 12.8. The van der Waals surface area contributed by atoms with Crippen molar-refractivity contribution in [2.24, 2.45) is 5.10 Å². The number of Topliss-reactive ketones (excluding diaryl/α,β-unsaturated/α-hetero) is 1. The Hall–Kier alpha value is -2.95. The molecule has 0 bridgehead atoms. The predicted molar refractivity (Wildman–Crippen MR) is 90.9 cm³/mol. The molecule has 0 aromatic heterocycles. The normalized spacial score (nSPS) is 19.3. The van der Waals surface area contributed by atoms with E-state index in [0.29, 0.717) is 11.3 Å². The summed E-state index contributed by atoms with van der Waals surface area (Å²) in [5.41, 5.74) is 4.50. The topological polar surface area (TPSA) is 67.8 Å². The molecule has 0 unspecified atom stereocenters. The summed E-state index contributed by atoms with van der Waals surface area (Å²) in [4.78, 5) is 25.1. The van der Waals surface area contributed by atoms with Gasteiger partial charge in [0.2, 0.25) is 5.78 Å². The zero-order valence-electron chi connectivity index (χ0n) is 13.3. The van der Waals surface area contributed by atoms with Crippen molar-refractivity contribution in [3.05, 3.63) is 71.8 Å². The minimum absolute atomic E-state index is 0.191. The van der Waals surface area contributed by atoms with Crippen molar-refractivity contribution in [1.82, 2.24) is 5.43 Å². The quantitative estimate of drug-likeness (QED) is 0.678. The molecule has 0 saturated heterocycles. The average molecular weight is 322 g/mol. The number of nitrogens with zero attached hydrogens (tertiary/aromatic N) is 1. The lowest BCUT2D eigenvalue weighted by atomic mass is 9.85. The molecule has 0 saturated carbocycles. The third kappa shape index (κ3) is 3.06. The van der Waals surface area contributed by atoms with Crippen LogP contribution in [0.2, 0.25) is 0 Å². The summed E-state index contributed by atoms with van der Waals surface area (Å²) in [5, 5.41) is 4.17. The molecule has 1 N–H and O–H groups in total. The van der Waals surface area contributed by atoms with Crippen LogP contribution in [0.25, 0.3) is 0 Å². The van der Waals surface area contributed by atoms with Crippen LogP contribution < -0.4 is 5.43 Å². The van der Waals surface area contributed by atoms with E-state index in [1.54, 1.807) is 31.2 Å². The fraction of sp³-hybridized carbons (Fsp3) is 0.211. The van der Waals surface area contributed by atoms with E-state index in [4.69, 9.17) is 4.74 Å². The van der Waals surface area contributed by atoms with Gasteiger partial charge >= 0.3 is 5.97 Å². The highest BCUT2D eigenvalue weighted by atomic mass is 16.5. The predicted octanol–water partition coefficient (Wildman–Crippen LogP) is 2.54. The van der Waals surface area contributed by atoms with Crippen LogP contribution in [0.4, 0.5) is 0 Å². The number of hydrogen-bond donors (Lipinski definition) is 1. The van der Waals surface area contributed by atoms with Crippen LogP contribution in [0.3, 0.4) is 0 Å². The van der Waals surface area contributed by atoms with E-state index in [1.165, 1.54) is 0 Å². The van der Waals surface area contributed by atoms with Crippen LogP contribution in [-0.4, -0.2) is 30.1 Å². The number of ether oxygens (including phenoxy) is 1. The maximum absolute atomic E-state index is 12.8. The molecule has 0 radical (unpaired) electrons. The Morgan fingerprint density at radius 2 is 1.67 bits per heavy atom. The Morgan fingerprint density at radius 3 is 2.29 bits per heavy atom. The zero-order chi connectivity index (χ0) is 16.9. The van der Waals surface area contributed by atoms with E-state index in [1.807, 2.05) is 36.4 Å². The Kier molecular flexibility index (Phi) is 4.70. The summed E-state index contributed by atoms with van der Waals surface area (Å²) < 4.78 is 5.13. The lowest BCUT2D eigenvalue weighted by Crippen LogP contribution is -2.38. The van der Waals surface area contributed by atoms with Gasteiger partial charge in [-0.1, -0.05) is 60.7 Å². The standard InChI is InChI=1S/C19H18N2O3/c1-2-24-19(23)17-15(13-9-5-3-6-10-13)16(20-21-17)18(22)14-11-7-4-8-12-14/h3-12,15,17,21H,2H2,1H3/t15-,17-/m0/s1. The largest absolute Gasteiger partial charge is 0.464 e. The second-order valence-electron chi connectivity index (χ2n) is 5.44. The van der Waals surface area contributed by atoms with Crippen LogP contribution in [0.1, 0.15) is 28.8 Å². The summed E-state index contributed by atoms with van der Waals surface area (Å²) in [5.74, 6) is -1.08. The lowest BCUT2D eigenvalue weighted by Gasteiger charge is -2.19. The third-order valence-electron chi connectivity index (χ3n) is 3.92. The summed E-state index contributed by atoms with van der Waals surface area (Å²) in [6.45, 7) is 2.03. The van der Waals surface area contributed by atoms with Gasteiger partial charge in [-0.3, -0.25) is 10.2 Å². The molecular formula is C19H18N2O3. The minimum Gasteiger partial charge on any atom is -0.464 e. The Labute approximate surface area is 140 Å². The van der Waals surface area contributed by atoms with Crippen LogP contribution in [0.15, 0.2) is 65.8 Å². The monoisotopic (exact) mass is 322 g/mol. The highest BCUT2D eigenvalue weighted by Crippen LogP contribution is 2.28. The second kappa shape index (κ2) is 7.08. The van der Waals surface area contributed by atoms with Gasteiger partial charge in [0.1, 0.15) is 5.71 Å². The van der Waals surface area contributed by atoms with Gasteiger partial charge in [-0.15, -0.1) is 0 Å². The molecule has 122 valence electrons. The zero-order valence-corrected chi connectivity index (χ0v) is 13.3. The molecule has 0 spiro atoms. The number of ketones is 1. The highest BCUT2D eigenvalue weighted by Gasteiger charge is 2.41. The van der Waals surface area contributed by atoms with Gasteiger partial charge in [-0.2, -0.15) is 5.10 Å². The second-order valence-corrected chi connectivity index (χ2v) is 5.44. The first kappa shape index (κ1) is 15.9. The molecule has 2 atom stereocenters. The van der Waals surface area contributed by atoms with Gasteiger partial charge in [0.15, 0.2) is 6.04 Å². The highest BCUT2D eigenvalue weighted by molar-refractivity contribution is 6.48. The molecule has 0 amide bonds. The molecule has 1 aliphatic heterocycles. The van der Waals surface area contributed by atoms with E-state index < -0.39 is 17.9 Å². The van der Waals surface area contributed by atoms with E-state index in [9.17, 15) is 9.59 Å². The average Bonchev–Trinajstić information content (AvgIpc) is 3.08. The van der Waals surface area contributed by atoms with Crippen LogP contribution in [-0.2, 0) is 9.53 Å². The molecule has 5 nitrogen and oxygen atoms in total. The molecule has 1 aliphatic rings. The number of rotatable bonds is 5. The number of carbonyl (C=O) groups excluding carboxylic acids is 2. The number of hydrazone groups is 1.